The van der Waals surface area contributed by atoms with Gasteiger partial charge >= 0.3 is 0 Å². The zero-order chi connectivity index (χ0) is 14.5. The maximum absolute atomic E-state index is 11.0. The van der Waals surface area contributed by atoms with Crippen LogP contribution in [0, 0.1) is 27.4 Å². The number of anilines is 1. The van der Waals surface area contributed by atoms with Gasteiger partial charge in [0.1, 0.15) is 5.69 Å². The third-order valence-corrected chi connectivity index (χ3v) is 3.68. The number of nitrogens with zero attached hydrogens (tertiary/aromatic N) is 2. The fourth-order valence-corrected chi connectivity index (χ4v) is 2.46. The van der Waals surface area contributed by atoms with Gasteiger partial charge in [0.25, 0.3) is 5.69 Å². The zero-order valence-electron chi connectivity index (χ0n) is 11.3. The van der Waals surface area contributed by atoms with Gasteiger partial charge in [-0.05, 0) is 37.8 Å². The minimum atomic E-state index is -0.430. The number of nitro groups is 1. The number of hydrogen-bond acceptors (Lipinski definition) is 5. The van der Waals surface area contributed by atoms with Gasteiger partial charge in [0, 0.05) is 25.3 Å². The van der Waals surface area contributed by atoms with Crippen molar-refractivity contribution in [3.05, 3.63) is 33.9 Å². The first-order valence-corrected chi connectivity index (χ1v) is 6.64. The normalized spacial score (nSPS) is 17.2. The molecule has 1 aromatic carbocycles. The Morgan fingerprint density at radius 2 is 2.20 bits per heavy atom. The van der Waals surface area contributed by atoms with Crippen LogP contribution in [0.2, 0.25) is 0 Å². The van der Waals surface area contributed by atoms with Gasteiger partial charge in [-0.15, -0.1) is 0 Å². The quantitative estimate of drug-likeness (QED) is 0.674. The van der Waals surface area contributed by atoms with Crippen LogP contribution in [-0.4, -0.2) is 24.2 Å². The number of hydrogen-bond donors (Lipinski definition) is 1. The van der Waals surface area contributed by atoms with Gasteiger partial charge in [-0.2, -0.15) is 5.26 Å². The summed E-state index contributed by atoms with van der Waals surface area (Å²) in [5.41, 5.74) is 0.827. The lowest BCUT2D eigenvalue weighted by atomic mass is 9.92. The standard InChI is InChI=1S/C14H17N3O3/c1-10(12-4-6-20-7-5-12)16-13-8-11(9-15)2-3-14(13)17(18)19/h2-3,8,10,12,16H,4-7H2,1H3. The van der Waals surface area contributed by atoms with Gasteiger partial charge in [0.05, 0.1) is 16.6 Å². The molecule has 2 rings (SSSR count). The van der Waals surface area contributed by atoms with Crippen molar-refractivity contribution >= 4 is 11.4 Å². The van der Waals surface area contributed by atoms with E-state index in [1.807, 2.05) is 13.0 Å². The Balaban J connectivity index is 2.18. The average Bonchev–Trinajstić information content (AvgIpc) is 2.47. The Labute approximate surface area is 117 Å². The molecule has 0 aliphatic carbocycles. The molecule has 1 atom stereocenters. The maximum atomic E-state index is 11.0. The van der Waals surface area contributed by atoms with Crippen molar-refractivity contribution < 1.29 is 9.66 Å². The molecule has 20 heavy (non-hydrogen) atoms. The van der Waals surface area contributed by atoms with E-state index in [1.54, 1.807) is 0 Å². The second-order valence-electron chi connectivity index (χ2n) is 4.98. The Morgan fingerprint density at radius 3 is 2.80 bits per heavy atom. The van der Waals surface area contributed by atoms with E-state index in [2.05, 4.69) is 5.32 Å². The van der Waals surface area contributed by atoms with Crippen LogP contribution < -0.4 is 5.32 Å². The number of nitro benzene ring substituents is 1. The Kier molecular flexibility index (Phi) is 4.53. The highest BCUT2D eigenvalue weighted by Gasteiger charge is 2.23. The highest BCUT2D eigenvalue weighted by Crippen LogP contribution is 2.29. The summed E-state index contributed by atoms with van der Waals surface area (Å²) in [5.74, 6) is 0.425. The summed E-state index contributed by atoms with van der Waals surface area (Å²) in [6.07, 6.45) is 1.89. The first-order valence-electron chi connectivity index (χ1n) is 6.64. The van der Waals surface area contributed by atoms with Crippen molar-refractivity contribution in [3.63, 3.8) is 0 Å². The molecule has 1 saturated heterocycles. The van der Waals surface area contributed by atoms with Crippen molar-refractivity contribution in [2.75, 3.05) is 18.5 Å². The van der Waals surface area contributed by atoms with Crippen LogP contribution in [0.25, 0.3) is 0 Å². The van der Waals surface area contributed by atoms with Crippen LogP contribution in [0.3, 0.4) is 0 Å². The summed E-state index contributed by atoms with van der Waals surface area (Å²) < 4.78 is 5.32. The minimum Gasteiger partial charge on any atom is -0.381 e. The van der Waals surface area contributed by atoms with E-state index in [9.17, 15) is 10.1 Å². The van der Waals surface area contributed by atoms with Crippen LogP contribution in [0.4, 0.5) is 11.4 Å². The fourth-order valence-electron chi connectivity index (χ4n) is 2.46. The summed E-state index contributed by atoms with van der Waals surface area (Å²) >= 11 is 0. The van der Waals surface area contributed by atoms with Crippen molar-refractivity contribution in [2.45, 2.75) is 25.8 Å². The average molecular weight is 275 g/mol. The smallest absolute Gasteiger partial charge is 0.292 e. The molecule has 0 aromatic heterocycles. The van der Waals surface area contributed by atoms with E-state index in [1.165, 1.54) is 18.2 Å². The van der Waals surface area contributed by atoms with Gasteiger partial charge in [-0.3, -0.25) is 10.1 Å². The van der Waals surface area contributed by atoms with Crippen molar-refractivity contribution in [2.24, 2.45) is 5.92 Å². The monoisotopic (exact) mass is 275 g/mol. The summed E-state index contributed by atoms with van der Waals surface area (Å²) in [4.78, 5) is 10.6. The molecule has 0 saturated carbocycles. The molecule has 106 valence electrons. The van der Waals surface area contributed by atoms with Crippen molar-refractivity contribution in [1.82, 2.24) is 0 Å². The predicted octanol–water partition coefficient (Wildman–Crippen LogP) is 2.69. The second kappa shape index (κ2) is 6.35. The van der Waals surface area contributed by atoms with E-state index in [-0.39, 0.29) is 11.7 Å². The molecule has 1 aliphatic rings. The number of rotatable bonds is 4. The molecule has 0 bridgehead atoms. The molecule has 1 heterocycles. The van der Waals surface area contributed by atoms with E-state index in [0.717, 1.165) is 26.1 Å². The Bertz CT molecular complexity index is 533. The van der Waals surface area contributed by atoms with E-state index in [0.29, 0.717) is 17.2 Å². The van der Waals surface area contributed by atoms with Crippen LogP contribution >= 0.6 is 0 Å². The number of ether oxygens (including phenoxy) is 1. The molecule has 1 aromatic rings. The van der Waals surface area contributed by atoms with Gasteiger partial charge in [0.15, 0.2) is 0 Å². The van der Waals surface area contributed by atoms with Crippen molar-refractivity contribution in [1.29, 1.82) is 5.26 Å². The van der Waals surface area contributed by atoms with Crippen LogP contribution in [-0.2, 0) is 4.74 Å². The third-order valence-electron chi connectivity index (χ3n) is 3.68. The van der Waals surface area contributed by atoms with Gasteiger partial charge in [-0.1, -0.05) is 0 Å². The number of nitrogens with one attached hydrogen (secondary N) is 1. The molecule has 6 nitrogen and oxygen atoms in total. The van der Waals surface area contributed by atoms with Crippen LogP contribution in [0.5, 0.6) is 0 Å². The first-order chi connectivity index (χ1) is 9.61. The van der Waals surface area contributed by atoms with Crippen LogP contribution in [0.1, 0.15) is 25.3 Å². The molecular formula is C14H17N3O3. The molecule has 0 amide bonds. The molecule has 0 radical (unpaired) electrons. The second-order valence-corrected chi connectivity index (χ2v) is 4.98. The molecular weight excluding hydrogens is 258 g/mol. The molecule has 1 fully saturated rings. The third kappa shape index (κ3) is 3.25. The number of nitriles is 1. The van der Waals surface area contributed by atoms with Crippen LogP contribution in [0.15, 0.2) is 18.2 Å². The largest absolute Gasteiger partial charge is 0.381 e. The molecule has 1 aliphatic heterocycles. The molecule has 6 heteroatoms. The lowest BCUT2D eigenvalue weighted by Gasteiger charge is -2.28. The molecule has 0 spiro atoms. The summed E-state index contributed by atoms with van der Waals surface area (Å²) in [5, 5.41) is 23.1. The summed E-state index contributed by atoms with van der Waals surface area (Å²) in [6.45, 7) is 3.48. The topological polar surface area (TPSA) is 88.2 Å². The SMILES string of the molecule is CC(Nc1cc(C#N)ccc1[N+](=O)[O-])C1CCOCC1. The Hall–Kier alpha value is -2.13. The van der Waals surface area contributed by atoms with Crippen molar-refractivity contribution in [3.8, 4) is 6.07 Å². The fraction of sp³-hybridized carbons (Fsp3) is 0.500. The Morgan fingerprint density at radius 1 is 1.50 bits per heavy atom. The van der Waals surface area contributed by atoms with E-state index in [4.69, 9.17) is 10.00 Å². The van der Waals surface area contributed by atoms with E-state index < -0.39 is 4.92 Å². The first kappa shape index (κ1) is 14.3. The minimum absolute atomic E-state index is 0.00269. The maximum Gasteiger partial charge on any atom is 0.292 e. The van der Waals surface area contributed by atoms with Gasteiger partial charge in [0.2, 0.25) is 0 Å². The van der Waals surface area contributed by atoms with Gasteiger partial charge < -0.3 is 10.1 Å². The molecule has 1 N–H and O–H groups in total. The predicted molar refractivity (Wildman–Crippen MR) is 74.4 cm³/mol. The number of benzene rings is 1. The lowest BCUT2D eigenvalue weighted by Crippen LogP contribution is -2.31. The van der Waals surface area contributed by atoms with Gasteiger partial charge in [-0.25, -0.2) is 0 Å². The molecule has 1 unspecified atom stereocenters. The lowest BCUT2D eigenvalue weighted by molar-refractivity contribution is -0.384. The highest BCUT2D eigenvalue weighted by atomic mass is 16.6. The zero-order valence-corrected chi connectivity index (χ0v) is 11.3. The van der Waals surface area contributed by atoms with E-state index >= 15 is 0 Å². The summed E-state index contributed by atoms with van der Waals surface area (Å²) in [7, 11) is 0. The summed E-state index contributed by atoms with van der Waals surface area (Å²) in [6, 6.07) is 6.48. The highest BCUT2D eigenvalue weighted by molar-refractivity contribution is 5.64.